The molecule has 0 amide bonds. The van der Waals surface area contributed by atoms with Crippen LogP contribution in [0.25, 0.3) is 11.0 Å². The van der Waals surface area contributed by atoms with Crippen molar-refractivity contribution in [3.05, 3.63) is 53.1 Å². The van der Waals surface area contributed by atoms with E-state index in [1.165, 1.54) is 16.4 Å². The topological polar surface area (TPSA) is 64.4 Å². The molecule has 0 aliphatic carbocycles. The highest BCUT2D eigenvalue weighted by Crippen LogP contribution is 2.31. The minimum absolute atomic E-state index is 0.0823. The van der Waals surface area contributed by atoms with Gasteiger partial charge in [-0.05, 0) is 24.6 Å². The van der Waals surface area contributed by atoms with E-state index in [0.717, 1.165) is 11.8 Å². The van der Waals surface area contributed by atoms with Crippen molar-refractivity contribution in [2.75, 3.05) is 26.3 Å². The minimum atomic E-state index is -3.73. The largest absolute Gasteiger partial charge is 0.379 e. The normalized spacial score (nSPS) is 15.4. The first-order valence-corrected chi connectivity index (χ1v) is 12.7. The van der Waals surface area contributed by atoms with Crippen molar-refractivity contribution >= 4 is 32.8 Å². The minimum Gasteiger partial charge on any atom is -0.379 e. The summed E-state index contributed by atoms with van der Waals surface area (Å²) in [5.41, 5.74) is 0.321. The van der Waals surface area contributed by atoms with Crippen molar-refractivity contribution in [1.82, 2.24) is 13.9 Å². The second kappa shape index (κ2) is 9.61. The summed E-state index contributed by atoms with van der Waals surface area (Å²) in [6.45, 7) is 3.60. The molecule has 3 aromatic rings. The lowest BCUT2D eigenvalue weighted by atomic mass is 10.2. The number of nitrogens with zero attached hydrogens (tertiary/aromatic N) is 3. The van der Waals surface area contributed by atoms with Crippen LogP contribution in [0.2, 0.25) is 0 Å². The van der Waals surface area contributed by atoms with Crippen LogP contribution in [0, 0.1) is 23.3 Å². The Morgan fingerprint density at radius 1 is 1.06 bits per heavy atom. The summed E-state index contributed by atoms with van der Waals surface area (Å²) in [5.74, 6) is -6.22. The number of hydrogen-bond donors (Lipinski definition) is 0. The highest BCUT2D eigenvalue weighted by molar-refractivity contribution is 7.98. The Bertz CT molecular complexity index is 1270. The van der Waals surface area contributed by atoms with E-state index in [0.29, 0.717) is 42.4 Å². The number of fused-ring (bicyclic) bond motifs is 1. The van der Waals surface area contributed by atoms with E-state index >= 15 is 0 Å². The van der Waals surface area contributed by atoms with Gasteiger partial charge in [0.2, 0.25) is 10.0 Å². The number of hydrogen-bond acceptors (Lipinski definition) is 5. The molecule has 6 nitrogen and oxygen atoms in total. The molecule has 1 aromatic heterocycles. The lowest BCUT2D eigenvalue weighted by molar-refractivity contribution is 0.0730. The Balaban J connectivity index is 1.68. The van der Waals surface area contributed by atoms with E-state index < -0.39 is 44.6 Å². The molecule has 2 heterocycles. The van der Waals surface area contributed by atoms with E-state index in [1.807, 2.05) is 6.92 Å². The first-order chi connectivity index (χ1) is 15.7. The summed E-state index contributed by atoms with van der Waals surface area (Å²) in [5, 5.41) is 0.358. The number of halogens is 4. The van der Waals surface area contributed by atoms with E-state index in [1.54, 1.807) is 10.6 Å². The molecule has 1 saturated heterocycles. The lowest BCUT2D eigenvalue weighted by Crippen LogP contribution is -2.40. The molecule has 178 valence electrons. The Morgan fingerprint density at radius 3 is 2.36 bits per heavy atom. The summed E-state index contributed by atoms with van der Waals surface area (Å²) >= 11 is 0.915. The zero-order valence-electron chi connectivity index (χ0n) is 17.7. The molecule has 12 heteroatoms. The van der Waals surface area contributed by atoms with E-state index in [2.05, 4.69) is 4.98 Å². The molecular weight excluding hydrogens is 482 g/mol. The predicted octanol–water partition coefficient (Wildman–Crippen LogP) is 4.32. The number of aryl methyl sites for hydroxylation is 1. The number of thioether (sulfide) groups is 1. The average Bonchev–Trinajstić information content (AvgIpc) is 3.15. The van der Waals surface area contributed by atoms with Crippen molar-refractivity contribution in [3.63, 3.8) is 0 Å². The summed E-state index contributed by atoms with van der Waals surface area (Å²) in [6.07, 6.45) is 0.712. The highest BCUT2D eigenvalue weighted by Gasteiger charge is 2.27. The van der Waals surface area contributed by atoms with Gasteiger partial charge in [-0.15, -0.1) is 0 Å². The molecule has 1 aliphatic heterocycles. The molecule has 1 fully saturated rings. The molecule has 33 heavy (non-hydrogen) atoms. The van der Waals surface area contributed by atoms with Gasteiger partial charge in [-0.2, -0.15) is 4.31 Å². The van der Waals surface area contributed by atoms with Crippen LogP contribution in [0.1, 0.15) is 18.9 Å². The third-order valence-electron chi connectivity index (χ3n) is 5.29. The fourth-order valence-electron chi connectivity index (χ4n) is 3.62. The third kappa shape index (κ3) is 4.61. The molecule has 0 bridgehead atoms. The lowest BCUT2D eigenvalue weighted by Gasteiger charge is -2.26. The summed E-state index contributed by atoms with van der Waals surface area (Å²) in [6, 6.07) is 4.76. The number of rotatable bonds is 7. The Labute approximate surface area is 192 Å². The van der Waals surface area contributed by atoms with Crippen molar-refractivity contribution < 1.29 is 30.7 Å². The van der Waals surface area contributed by atoms with Gasteiger partial charge in [-0.3, -0.25) is 0 Å². The molecule has 1 aliphatic rings. The standard InChI is InChI=1S/C21H21F4N3O3S2/c1-2-5-28-18-4-3-13(33(29,30)27-6-8-31-9-7-27)10-17(18)26-21(28)32-12-14-19(24)15(22)11-16(23)20(14)25/h3-4,10-11H,2,5-9,12H2,1H3. The second-order valence-corrected chi connectivity index (χ2v) is 10.3. The van der Waals surface area contributed by atoms with Gasteiger partial charge in [0.1, 0.15) is 0 Å². The van der Waals surface area contributed by atoms with E-state index in [-0.39, 0.29) is 24.1 Å². The van der Waals surface area contributed by atoms with Crippen molar-refractivity contribution in [1.29, 1.82) is 0 Å². The maximum Gasteiger partial charge on any atom is 0.243 e. The monoisotopic (exact) mass is 503 g/mol. The number of benzene rings is 2. The van der Waals surface area contributed by atoms with Crippen LogP contribution >= 0.6 is 11.8 Å². The number of imidazole rings is 1. The van der Waals surface area contributed by atoms with Crippen LogP contribution in [0.3, 0.4) is 0 Å². The molecule has 4 rings (SSSR count). The maximum atomic E-state index is 14.1. The van der Waals surface area contributed by atoms with Crippen LogP contribution in [0.15, 0.2) is 34.3 Å². The number of sulfonamides is 1. The fourth-order valence-corrected chi connectivity index (χ4v) is 6.08. The molecular formula is C21H21F4N3O3S2. The molecule has 0 saturated carbocycles. The maximum absolute atomic E-state index is 14.1. The zero-order valence-corrected chi connectivity index (χ0v) is 19.3. The molecule has 0 spiro atoms. The zero-order chi connectivity index (χ0) is 23.8. The molecule has 0 unspecified atom stereocenters. The van der Waals surface area contributed by atoms with Gasteiger partial charge in [0.25, 0.3) is 0 Å². The van der Waals surface area contributed by atoms with Gasteiger partial charge in [-0.25, -0.2) is 31.0 Å². The van der Waals surface area contributed by atoms with E-state index in [9.17, 15) is 26.0 Å². The SMILES string of the molecule is CCCn1c(SCc2c(F)c(F)cc(F)c2F)nc2cc(S(=O)(=O)N3CCOCC3)ccc21. The van der Waals surface area contributed by atoms with Crippen LogP contribution in [0.4, 0.5) is 17.6 Å². The van der Waals surface area contributed by atoms with Crippen LogP contribution < -0.4 is 0 Å². The molecule has 0 atom stereocenters. The quantitative estimate of drug-likeness (QED) is 0.273. The van der Waals surface area contributed by atoms with E-state index in [4.69, 9.17) is 4.74 Å². The third-order valence-corrected chi connectivity index (χ3v) is 8.19. The number of morpholine rings is 1. The Hall–Kier alpha value is -2.15. The smallest absolute Gasteiger partial charge is 0.243 e. The summed E-state index contributed by atoms with van der Waals surface area (Å²) < 4.78 is 89.5. The van der Waals surface area contributed by atoms with Gasteiger partial charge >= 0.3 is 0 Å². The first-order valence-electron chi connectivity index (χ1n) is 10.3. The van der Waals surface area contributed by atoms with Gasteiger partial charge in [0.05, 0.1) is 29.1 Å². The van der Waals surface area contributed by atoms with Crippen LogP contribution in [-0.2, 0) is 27.1 Å². The summed E-state index contributed by atoms with van der Waals surface area (Å²) in [4.78, 5) is 4.54. The Kier molecular flexibility index (Phi) is 6.99. The highest BCUT2D eigenvalue weighted by atomic mass is 32.2. The van der Waals surface area contributed by atoms with Gasteiger partial charge in [0.15, 0.2) is 28.4 Å². The first kappa shape index (κ1) is 24.0. The van der Waals surface area contributed by atoms with Gasteiger partial charge < -0.3 is 9.30 Å². The number of aromatic nitrogens is 2. The Morgan fingerprint density at radius 2 is 1.73 bits per heavy atom. The second-order valence-electron chi connectivity index (χ2n) is 7.45. The summed E-state index contributed by atoms with van der Waals surface area (Å²) in [7, 11) is -3.73. The molecule has 0 radical (unpaired) electrons. The van der Waals surface area contributed by atoms with Gasteiger partial charge in [-0.1, -0.05) is 18.7 Å². The fraction of sp³-hybridized carbons (Fsp3) is 0.381. The van der Waals surface area contributed by atoms with Crippen molar-refractivity contribution in [3.8, 4) is 0 Å². The predicted molar refractivity (Wildman–Crippen MR) is 115 cm³/mol. The van der Waals surface area contributed by atoms with Crippen LogP contribution in [-0.4, -0.2) is 48.6 Å². The van der Waals surface area contributed by atoms with Crippen molar-refractivity contribution in [2.24, 2.45) is 0 Å². The molecule has 2 aromatic carbocycles. The van der Waals surface area contributed by atoms with Crippen LogP contribution in [0.5, 0.6) is 0 Å². The molecule has 0 N–H and O–H groups in total. The van der Waals surface area contributed by atoms with Crippen molar-refractivity contribution in [2.45, 2.75) is 35.7 Å². The average molecular weight is 504 g/mol. The number of ether oxygens (including phenoxy) is 1. The van der Waals surface area contributed by atoms with Gasteiger partial charge in [0, 0.05) is 37.0 Å².